The van der Waals surface area contributed by atoms with Crippen LogP contribution in [0.3, 0.4) is 0 Å². The summed E-state index contributed by atoms with van der Waals surface area (Å²) in [5.74, 6) is 1.12. The van der Waals surface area contributed by atoms with Gasteiger partial charge in [-0.2, -0.15) is 10.1 Å². The van der Waals surface area contributed by atoms with Crippen LogP contribution in [0.2, 0.25) is 0 Å². The topological polar surface area (TPSA) is 126 Å². The fourth-order valence-electron chi connectivity index (χ4n) is 3.46. The fourth-order valence-corrected chi connectivity index (χ4v) is 3.46. The zero-order valence-corrected chi connectivity index (χ0v) is 15.7. The average molecular weight is 383 g/mol. The van der Waals surface area contributed by atoms with Crippen LogP contribution in [0.25, 0.3) is 11.0 Å². The smallest absolute Gasteiger partial charge is 0.333 e. The molecule has 0 fully saturated rings. The van der Waals surface area contributed by atoms with Crippen molar-refractivity contribution in [3.8, 4) is 5.75 Å². The number of benzene rings is 1. The normalized spacial score (nSPS) is 19.0. The van der Waals surface area contributed by atoms with Gasteiger partial charge >= 0.3 is 6.03 Å². The van der Waals surface area contributed by atoms with Gasteiger partial charge in [0.1, 0.15) is 17.2 Å². The molecular weight excluding hydrogens is 362 g/mol. The number of hydrogen-bond acceptors (Lipinski definition) is 6. The summed E-state index contributed by atoms with van der Waals surface area (Å²) in [6, 6.07) is 7.16. The highest BCUT2D eigenvalue weighted by Crippen LogP contribution is 2.38. The number of ether oxygens (including phenoxy) is 1. The lowest BCUT2D eigenvalue weighted by Crippen LogP contribution is -2.49. The minimum Gasteiger partial charge on any atom is -0.487 e. The molecule has 1 aliphatic rings. The van der Waals surface area contributed by atoms with E-state index in [0.717, 1.165) is 11.3 Å². The number of fused-ring (bicyclic) bond motifs is 2. The highest BCUT2D eigenvalue weighted by atomic mass is 16.5. The Bertz CT molecular complexity index is 1090. The molecule has 10 heteroatoms. The zero-order valence-electron chi connectivity index (χ0n) is 15.7. The van der Waals surface area contributed by atoms with Crippen molar-refractivity contribution in [1.82, 2.24) is 30.5 Å². The van der Waals surface area contributed by atoms with Crippen molar-refractivity contribution in [3.05, 3.63) is 46.4 Å². The number of aromatic amines is 1. The summed E-state index contributed by atoms with van der Waals surface area (Å²) in [5.41, 5.74) is 6.28. The van der Waals surface area contributed by atoms with Gasteiger partial charge in [0.25, 0.3) is 5.56 Å². The standard InChI is InChI=1S/C18H21N7O3/c1-9-11-6-4-5-7-13(11)28-14(9)10(2)20-18(27)24-23-17-21-15-12(16(26)22-17)8-19-25(15)3/h4-10,14H,1-3H3,(H2,20,24,27)(H2,21,22,23,26). The minimum absolute atomic E-state index is 0.113. The van der Waals surface area contributed by atoms with E-state index in [0.29, 0.717) is 11.0 Å². The monoisotopic (exact) mass is 383 g/mol. The Balaban J connectivity index is 1.37. The Kier molecular flexibility index (Phi) is 4.38. The summed E-state index contributed by atoms with van der Waals surface area (Å²) >= 11 is 0. The molecule has 2 amide bonds. The molecule has 4 rings (SSSR count). The lowest BCUT2D eigenvalue weighted by atomic mass is 9.94. The molecule has 1 aliphatic heterocycles. The lowest BCUT2D eigenvalue weighted by Gasteiger charge is -2.24. The predicted molar refractivity (Wildman–Crippen MR) is 103 cm³/mol. The first-order valence-electron chi connectivity index (χ1n) is 8.94. The van der Waals surface area contributed by atoms with Gasteiger partial charge < -0.3 is 10.1 Å². The van der Waals surface area contributed by atoms with Crippen molar-refractivity contribution in [2.75, 3.05) is 5.43 Å². The number of amides is 2. The van der Waals surface area contributed by atoms with Gasteiger partial charge in [-0.15, -0.1) is 0 Å². The van der Waals surface area contributed by atoms with Crippen LogP contribution in [0.15, 0.2) is 35.3 Å². The quantitative estimate of drug-likeness (QED) is 0.502. The number of carbonyl (C=O) groups is 1. The van der Waals surface area contributed by atoms with E-state index in [1.807, 2.05) is 31.2 Å². The fraction of sp³-hybridized carbons (Fsp3) is 0.333. The van der Waals surface area contributed by atoms with Gasteiger partial charge in [0, 0.05) is 18.5 Å². The minimum atomic E-state index is -0.466. The van der Waals surface area contributed by atoms with Gasteiger partial charge in [0.05, 0.1) is 12.2 Å². The molecule has 0 bridgehead atoms. The molecule has 28 heavy (non-hydrogen) atoms. The number of H-pyrrole nitrogens is 1. The molecule has 0 aliphatic carbocycles. The number of aryl methyl sites for hydroxylation is 1. The number of carbonyl (C=O) groups excluding carboxylic acids is 1. The molecule has 0 saturated carbocycles. The van der Waals surface area contributed by atoms with Crippen molar-refractivity contribution in [2.24, 2.45) is 7.05 Å². The maximum Gasteiger partial charge on any atom is 0.333 e. The number of nitrogens with zero attached hydrogens (tertiary/aromatic N) is 3. The molecule has 3 unspecified atom stereocenters. The maximum atomic E-state index is 12.3. The Morgan fingerprint density at radius 3 is 2.93 bits per heavy atom. The largest absolute Gasteiger partial charge is 0.487 e. The third-order valence-electron chi connectivity index (χ3n) is 4.91. The molecule has 0 spiro atoms. The third-order valence-corrected chi connectivity index (χ3v) is 4.91. The van der Waals surface area contributed by atoms with Crippen LogP contribution < -0.4 is 26.5 Å². The number of anilines is 1. The van der Waals surface area contributed by atoms with E-state index < -0.39 is 6.03 Å². The highest BCUT2D eigenvalue weighted by Gasteiger charge is 2.35. The van der Waals surface area contributed by atoms with Crippen LogP contribution >= 0.6 is 0 Å². The molecule has 10 nitrogen and oxygen atoms in total. The Hall–Kier alpha value is -3.56. The molecule has 146 valence electrons. The van der Waals surface area contributed by atoms with Gasteiger partial charge in [-0.25, -0.2) is 10.2 Å². The summed E-state index contributed by atoms with van der Waals surface area (Å²) in [6.07, 6.45) is 1.26. The molecule has 3 atom stereocenters. The lowest BCUT2D eigenvalue weighted by molar-refractivity contribution is 0.165. The Morgan fingerprint density at radius 1 is 1.36 bits per heavy atom. The second-order valence-electron chi connectivity index (χ2n) is 6.84. The molecule has 3 aromatic rings. The molecule has 0 radical (unpaired) electrons. The second-order valence-corrected chi connectivity index (χ2v) is 6.84. The van der Waals surface area contributed by atoms with Crippen molar-refractivity contribution in [3.63, 3.8) is 0 Å². The van der Waals surface area contributed by atoms with E-state index >= 15 is 0 Å². The van der Waals surface area contributed by atoms with E-state index in [9.17, 15) is 9.59 Å². The zero-order chi connectivity index (χ0) is 19.8. The van der Waals surface area contributed by atoms with Gasteiger partial charge in [-0.1, -0.05) is 25.1 Å². The number of nitrogens with one attached hydrogen (secondary N) is 4. The first-order chi connectivity index (χ1) is 13.4. The molecule has 2 aromatic heterocycles. The number of rotatable bonds is 4. The van der Waals surface area contributed by atoms with Gasteiger partial charge in [-0.3, -0.25) is 19.9 Å². The van der Waals surface area contributed by atoms with Gasteiger partial charge in [0.15, 0.2) is 5.65 Å². The van der Waals surface area contributed by atoms with Crippen molar-refractivity contribution < 1.29 is 9.53 Å². The van der Waals surface area contributed by atoms with Crippen LogP contribution in [-0.4, -0.2) is 37.9 Å². The summed E-state index contributed by atoms with van der Waals surface area (Å²) in [7, 11) is 1.68. The maximum absolute atomic E-state index is 12.3. The Morgan fingerprint density at radius 2 is 2.14 bits per heavy atom. The second kappa shape index (κ2) is 6.87. The summed E-state index contributed by atoms with van der Waals surface area (Å²) in [5, 5.41) is 7.21. The van der Waals surface area contributed by atoms with E-state index in [-0.39, 0.29) is 29.6 Å². The van der Waals surface area contributed by atoms with Crippen LogP contribution in [0.5, 0.6) is 5.75 Å². The molecule has 1 aromatic carbocycles. The highest BCUT2D eigenvalue weighted by molar-refractivity contribution is 5.77. The third kappa shape index (κ3) is 3.13. The first-order valence-corrected chi connectivity index (χ1v) is 8.94. The van der Waals surface area contributed by atoms with Crippen LogP contribution in [-0.2, 0) is 7.05 Å². The predicted octanol–water partition coefficient (Wildman–Crippen LogP) is 1.24. The number of aromatic nitrogens is 4. The van der Waals surface area contributed by atoms with Crippen LogP contribution in [0, 0.1) is 0 Å². The average Bonchev–Trinajstić information content (AvgIpc) is 3.21. The Labute approximate surface area is 160 Å². The van der Waals surface area contributed by atoms with Crippen molar-refractivity contribution in [1.29, 1.82) is 0 Å². The molecular formula is C18H21N7O3. The van der Waals surface area contributed by atoms with E-state index in [1.165, 1.54) is 10.9 Å². The summed E-state index contributed by atoms with van der Waals surface area (Å²) < 4.78 is 7.46. The van der Waals surface area contributed by atoms with E-state index in [4.69, 9.17) is 4.74 Å². The summed E-state index contributed by atoms with van der Waals surface area (Å²) in [4.78, 5) is 31.0. The number of urea groups is 1. The van der Waals surface area contributed by atoms with E-state index in [1.54, 1.807) is 7.05 Å². The van der Waals surface area contributed by atoms with Crippen molar-refractivity contribution >= 4 is 23.0 Å². The molecule has 0 saturated heterocycles. The van der Waals surface area contributed by atoms with Gasteiger partial charge in [0.2, 0.25) is 5.95 Å². The number of hydrazine groups is 1. The van der Waals surface area contributed by atoms with E-state index in [2.05, 4.69) is 38.2 Å². The molecule has 3 heterocycles. The van der Waals surface area contributed by atoms with Crippen LogP contribution in [0.1, 0.15) is 25.3 Å². The van der Waals surface area contributed by atoms with Crippen molar-refractivity contribution in [2.45, 2.75) is 31.9 Å². The summed E-state index contributed by atoms with van der Waals surface area (Å²) in [6.45, 7) is 3.96. The van der Waals surface area contributed by atoms with Gasteiger partial charge in [-0.05, 0) is 13.0 Å². The SMILES string of the molecule is CC(NC(=O)NNc1nc2c(cnn2C)c(=O)[nH]1)C1Oc2ccccc2C1C. The van der Waals surface area contributed by atoms with Crippen LogP contribution in [0.4, 0.5) is 10.7 Å². The molecule has 4 N–H and O–H groups in total. The number of hydrogen-bond donors (Lipinski definition) is 4. The first kappa shape index (κ1) is 17.8. The number of para-hydroxylation sites is 1.